The largest absolute Gasteiger partial charge is 0.473 e. The van der Waals surface area contributed by atoms with Crippen LogP contribution in [-0.4, -0.2) is 49.2 Å². The summed E-state index contributed by atoms with van der Waals surface area (Å²) >= 11 is 0. The smallest absolute Gasteiger partial charge is 0.394 e. The van der Waals surface area contributed by atoms with Crippen LogP contribution in [0.15, 0.2) is 0 Å². The summed E-state index contributed by atoms with van der Waals surface area (Å²) in [5, 5.41) is 0. The van der Waals surface area contributed by atoms with Gasteiger partial charge in [0, 0.05) is 5.41 Å². The van der Waals surface area contributed by atoms with Crippen LogP contribution in [0.1, 0.15) is 20.8 Å². The molecule has 0 amide bonds. The zero-order valence-corrected chi connectivity index (χ0v) is 13.9. The summed E-state index contributed by atoms with van der Waals surface area (Å²) in [7, 11) is 0.733. The second kappa shape index (κ2) is 7.22. The molecule has 0 aliphatic heterocycles. The molecule has 15 heteroatoms. The van der Waals surface area contributed by atoms with E-state index in [4.69, 9.17) is 0 Å². The van der Waals surface area contributed by atoms with E-state index in [-0.39, 0.29) is 0 Å². The lowest BCUT2D eigenvalue weighted by molar-refractivity contribution is -0.451. The number of hydrogen-bond donors (Lipinski definition) is 0. The van der Waals surface area contributed by atoms with Crippen LogP contribution in [0.2, 0.25) is 0 Å². The van der Waals surface area contributed by atoms with Gasteiger partial charge in [-0.3, -0.25) is 0 Å². The van der Waals surface area contributed by atoms with Gasteiger partial charge in [0.15, 0.2) is 6.10 Å². The predicted octanol–water partition coefficient (Wildman–Crippen LogP) is 4.58. The van der Waals surface area contributed by atoms with Crippen molar-refractivity contribution in [3.8, 4) is 0 Å². The molecule has 1 unspecified atom stereocenters. The molecule has 0 aliphatic rings. The van der Waals surface area contributed by atoms with Gasteiger partial charge >= 0.3 is 36.0 Å². The minimum Gasteiger partial charge on any atom is -0.394 e. The molecule has 162 valence electrons. The first-order valence-corrected chi connectivity index (χ1v) is 6.58. The zero-order valence-electron chi connectivity index (χ0n) is 13.9. The molecule has 1 atom stereocenters. The maximum Gasteiger partial charge on any atom is 0.473 e. The number of esters is 1. The first-order chi connectivity index (χ1) is 11.6. The lowest BCUT2D eigenvalue weighted by atomic mass is 9.89. The standard InChI is InChI=1S/C12H13F11O4/c1-7(2,3)5(27-25-4)6(24)26-12(22,23)10(17,18)8(13,14)9(15,16)11(19,20)21/h5H,1-4H3. The van der Waals surface area contributed by atoms with E-state index in [1.54, 1.807) is 0 Å². The van der Waals surface area contributed by atoms with Crippen molar-refractivity contribution < 1.29 is 67.6 Å². The zero-order chi connectivity index (χ0) is 22.3. The van der Waals surface area contributed by atoms with E-state index < -0.39 is 47.5 Å². The summed E-state index contributed by atoms with van der Waals surface area (Å²) in [6.45, 7) is 3.25. The summed E-state index contributed by atoms with van der Waals surface area (Å²) in [5.41, 5.74) is -1.53. The Balaban J connectivity index is 5.95. The quantitative estimate of drug-likeness (QED) is 0.257. The predicted molar refractivity (Wildman–Crippen MR) is 63.3 cm³/mol. The normalized spacial score (nSPS) is 16.3. The van der Waals surface area contributed by atoms with E-state index in [1.807, 2.05) is 0 Å². The summed E-state index contributed by atoms with van der Waals surface area (Å²) in [4.78, 5) is 19.7. The fourth-order valence-corrected chi connectivity index (χ4v) is 1.44. The Bertz CT molecular complexity index is 536. The molecule has 0 fully saturated rings. The molecule has 0 aromatic rings. The molecular weight excluding hydrogens is 417 g/mol. The number of halogens is 11. The van der Waals surface area contributed by atoms with Gasteiger partial charge in [-0.05, 0) is 0 Å². The van der Waals surface area contributed by atoms with E-state index in [0.717, 1.165) is 27.9 Å². The third kappa shape index (κ3) is 4.55. The van der Waals surface area contributed by atoms with Crippen LogP contribution >= 0.6 is 0 Å². The first-order valence-electron chi connectivity index (χ1n) is 6.58. The molecule has 0 N–H and O–H groups in total. The third-order valence-electron chi connectivity index (χ3n) is 2.93. The first kappa shape index (κ1) is 25.6. The monoisotopic (exact) mass is 430 g/mol. The van der Waals surface area contributed by atoms with Crippen molar-refractivity contribution in [2.24, 2.45) is 5.41 Å². The van der Waals surface area contributed by atoms with Gasteiger partial charge in [0.25, 0.3) is 0 Å². The Morgan fingerprint density at radius 1 is 0.741 bits per heavy atom. The number of carbonyl (C=O) groups excluding carboxylic acids is 1. The molecule has 0 spiro atoms. The average Bonchev–Trinajstić information content (AvgIpc) is 2.40. The van der Waals surface area contributed by atoms with Gasteiger partial charge in [-0.15, -0.1) is 0 Å². The lowest BCUT2D eigenvalue weighted by Crippen LogP contribution is -2.67. The summed E-state index contributed by atoms with van der Waals surface area (Å²) in [6.07, 6.45) is -16.4. The topological polar surface area (TPSA) is 44.8 Å². The van der Waals surface area contributed by atoms with Crippen LogP contribution in [-0.2, 0) is 19.3 Å². The fourth-order valence-electron chi connectivity index (χ4n) is 1.44. The number of carbonyl (C=O) groups is 1. The van der Waals surface area contributed by atoms with E-state index in [2.05, 4.69) is 14.5 Å². The Labute approximate surface area is 144 Å². The van der Waals surface area contributed by atoms with Crippen LogP contribution in [0.3, 0.4) is 0 Å². The van der Waals surface area contributed by atoms with Crippen LogP contribution in [0.5, 0.6) is 0 Å². The lowest BCUT2D eigenvalue weighted by Gasteiger charge is -2.37. The molecule has 0 aliphatic carbocycles. The third-order valence-corrected chi connectivity index (χ3v) is 2.93. The van der Waals surface area contributed by atoms with Gasteiger partial charge < -0.3 is 4.74 Å². The average molecular weight is 430 g/mol. The van der Waals surface area contributed by atoms with E-state index in [9.17, 15) is 53.1 Å². The van der Waals surface area contributed by atoms with Crippen molar-refractivity contribution >= 4 is 5.97 Å². The molecule has 0 radical (unpaired) electrons. The van der Waals surface area contributed by atoms with Gasteiger partial charge in [0.2, 0.25) is 0 Å². The summed E-state index contributed by atoms with van der Waals surface area (Å²) < 4.78 is 143. The maximum absolute atomic E-state index is 13.4. The van der Waals surface area contributed by atoms with Crippen molar-refractivity contribution in [2.75, 3.05) is 7.11 Å². The Morgan fingerprint density at radius 3 is 1.44 bits per heavy atom. The molecule has 0 saturated carbocycles. The second-order valence-electron chi connectivity index (χ2n) is 6.17. The van der Waals surface area contributed by atoms with E-state index in [0.29, 0.717) is 0 Å². The van der Waals surface area contributed by atoms with Crippen molar-refractivity contribution in [1.29, 1.82) is 0 Å². The van der Waals surface area contributed by atoms with Crippen LogP contribution in [0, 0.1) is 5.41 Å². The number of ether oxygens (including phenoxy) is 1. The highest BCUT2D eigenvalue weighted by molar-refractivity contribution is 5.76. The minimum absolute atomic E-state index is 0.733. The molecule has 0 aromatic heterocycles. The molecule has 4 nitrogen and oxygen atoms in total. The van der Waals surface area contributed by atoms with Crippen LogP contribution < -0.4 is 0 Å². The maximum atomic E-state index is 13.4. The summed E-state index contributed by atoms with van der Waals surface area (Å²) in [6, 6.07) is 0. The second-order valence-corrected chi connectivity index (χ2v) is 6.17. The summed E-state index contributed by atoms with van der Waals surface area (Å²) in [5.74, 6) is -25.2. The number of alkyl halides is 11. The van der Waals surface area contributed by atoms with Gasteiger partial charge in [0.1, 0.15) is 0 Å². The molecule has 0 saturated heterocycles. The van der Waals surface area contributed by atoms with Crippen LogP contribution in [0.25, 0.3) is 0 Å². The number of rotatable bonds is 7. The molecule has 0 aromatic carbocycles. The minimum atomic E-state index is -7.68. The molecule has 0 bridgehead atoms. The SMILES string of the molecule is COOC(C(=O)OC(F)(F)C(F)(F)C(F)(F)C(F)(F)C(F)(F)F)C(C)(C)C. The van der Waals surface area contributed by atoms with Crippen molar-refractivity contribution in [1.82, 2.24) is 0 Å². The van der Waals surface area contributed by atoms with Gasteiger partial charge in [-0.25, -0.2) is 14.6 Å². The van der Waals surface area contributed by atoms with Gasteiger partial charge in [-0.1, -0.05) is 20.8 Å². The Hall–Kier alpha value is -1.38. The van der Waals surface area contributed by atoms with Crippen LogP contribution in [0.4, 0.5) is 48.3 Å². The van der Waals surface area contributed by atoms with Crippen molar-refractivity contribution in [3.05, 3.63) is 0 Å². The highest BCUT2D eigenvalue weighted by Gasteiger charge is 2.88. The highest BCUT2D eigenvalue weighted by atomic mass is 19.4. The van der Waals surface area contributed by atoms with Gasteiger partial charge in [-0.2, -0.15) is 48.3 Å². The fraction of sp³-hybridized carbons (Fsp3) is 0.917. The molecular formula is C12H13F11O4. The number of hydrogen-bond acceptors (Lipinski definition) is 4. The molecule has 0 rings (SSSR count). The van der Waals surface area contributed by atoms with Gasteiger partial charge in [0.05, 0.1) is 7.11 Å². The Morgan fingerprint density at radius 2 is 1.15 bits per heavy atom. The van der Waals surface area contributed by atoms with Crippen molar-refractivity contribution in [2.45, 2.75) is 56.9 Å². The highest BCUT2D eigenvalue weighted by Crippen LogP contribution is 2.57. The molecule has 27 heavy (non-hydrogen) atoms. The van der Waals surface area contributed by atoms with E-state index in [1.165, 1.54) is 0 Å². The van der Waals surface area contributed by atoms with Crippen molar-refractivity contribution in [3.63, 3.8) is 0 Å². The van der Waals surface area contributed by atoms with E-state index >= 15 is 0 Å². The Kier molecular flexibility index (Phi) is 6.85. The molecule has 0 heterocycles.